The third-order valence-corrected chi connectivity index (χ3v) is 9.93. The van der Waals surface area contributed by atoms with E-state index < -0.39 is 16.6 Å². The summed E-state index contributed by atoms with van der Waals surface area (Å²) in [5, 5.41) is 12.0. The minimum atomic E-state index is -3.60. The van der Waals surface area contributed by atoms with Crippen LogP contribution in [0.25, 0.3) is 0 Å². The molecule has 0 radical (unpaired) electrons. The van der Waals surface area contributed by atoms with Crippen LogP contribution in [0.1, 0.15) is 43.2 Å². The van der Waals surface area contributed by atoms with Gasteiger partial charge in [0, 0.05) is 23.6 Å². The van der Waals surface area contributed by atoms with E-state index in [-0.39, 0.29) is 23.3 Å². The van der Waals surface area contributed by atoms with Crippen LogP contribution in [0.5, 0.6) is 5.75 Å². The fourth-order valence-electron chi connectivity index (χ4n) is 7.21. The summed E-state index contributed by atoms with van der Waals surface area (Å²) < 4.78 is 34.6. The molecule has 3 aliphatic carbocycles. The third kappa shape index (κ3) is 3.04. The minimum Gasteiger partial charge on any atom is -0.485 e. The van der Waals surface area contributed by atoms with Crippen molar-refractivity contribution in [2.75, 3.05) is 30.8 Å². The van der Waals surface area contributed by atoms with Crippen molar-refractivity contribution in [2.45, 2.75) is 62.1 Å². The Hall–Kier alpha value is -1.68. The standard InChI is InChI=1S/C23H31N3O5S/c27-9-10-32(29,30)25-18-6-4-16-19-11-15-3-5-17(24-13-28)21-20(15)23(16,22(18)31-21)7-8-26(19)12-14-1-2-14/h3,5,13-14,16,18-19,22,25,27H,1-2,4,6-12H2,(H,24,28)/t16-,18+,19+,22-,23-/m0/s1. The van der Waals surface area contributed by atoms with Gasteiger partial charge in [-0.05, 0) is 68.5 Å². The van der Waals surface area contributed by atoms with Gasteiger partial charge < -0.3 is 15.2 Å². The van der Waals surface area contributed by atoms with Crippen molar-refractivity contribution >= 4 is 22.1 Å². The number of likely N-dealkylation sites (tertiary alicyclic amines) is 1. The number of aliphatic hydroxyl groups is 1. The number of nitrogens with zero attached hydrogens (tertiary/aromatic N) is 1. The van der Waals surface area contributed by atoms with E-state index in [1.54, 1.807) is 0 Å². The first-order valence-electron chi connectivity index (χ1n) is 11.8. The number of rotatable bonds is 8. The normalized spacial score (nSPS) is 35.2. The first-order valence-corrected chi connectivity index (χ1v) is 13.5. The number of piperidine rings is 1. The second-order valence-corrected chi connectivity index (χ2v) is 12.1. The van der Waals surface area contributed by atoms with Crippen molar-refractivity contribution < 1.29 is 23.1 Å². The van der Waals surface area contributed by atoms with Crippen LogP contribution in [0.3, 0.4) is 0 Å². The molecule has 5 aliphatic rings. The molecular formula is C23H31N3O5S. The van der Waals surface area contributed by atoms with E-state index >= 15 is 0 Å². The summed E-state index contributed by atoms with van der Waals surface area (Å²) in [4.78, 5) is 13.9. The fourth-order valence-corrected chi connectivity index (χ4v) is 8.27. The van der Waals surface area contributed by atoms with E-state index in [1.807, 2.05) is 6.07 Å². The Kier molecular flexibility index (Phi) is 4.84. The van der Waals surface area contributed by atoms with Crippen LogP contribution in [0.15, 0.2) is 12.1 Å². The number of aliphatic hydroxyl groups excluding tert-OH is 1. The molecular weight excluding hydrogens is 430 g/mol. The first-order chi connectivity index (χ1) is 15.5. The van der Waals surface area contributed by atoms with Crippen molar-refractivity contribution in [2.24, 2.45) is 11.8 Å². The maximum absolute atomic E-state index is 12.5. The molecule has 5 atom stereocenters. The van der Waals surface area contributed by atoms with Crippen LogP contribution in [0.2, 0.25) is 0 Å². The number of sulfonamides is 1. The van der Waals surface area contributed by atoms with Crippen molar-refractivity contribution in [3.63, 3.8) is 0 Å². The average molecular weight is 462 g/mol. The summed E-state index contributed by atoms with van der Waals surface area (Å²) >= 11 is 0. The predicted octanol–water partition coefficient (Wildman–Crippen LogP) is 0.984. The fraction of sp³-hybridized carbons (Fsp3) is 0.696. The van der Waals surface area contributed by atoms with Gasteiger partial charge in [0.15, 0.2) is 0 Å². The second-order valence-electron chi connectivity index (χ2n) is 10.2. The molecule has 9 heteroatoms. The van der Waals surface area contributed by atoms with Crippen LogP contribution < -0.4 is 14.8 Å². The quantitative estimate of drug-likeness (QED) is 0.498. The predicted molar refractivity (Wildman–Crippen MR) is 119 cm³/mol. The number of carbonyl (C=O) groups excluding carboxylic acids is 1. The largest absolute Gasteiger partial charge is 0.485 e. The first kappa shape index (κ1) is 20.9. The summed E-state index contributed by atoms with van der Waals surface area (Å²) in [5.74, 6) is 1.67. The molecule has 2 bridgehead atoms. The number of anilines is 1. The average Bonchev–Trinajstić information content (AvgIpc) is 3.50. The van der Waals surface area contributed by atoms with E-state index in [0.717, 1.165) is 43.9 Å². The molecule has 2 aliphatic heterocycles. The monoisotopic (exact) mass is 461 g/mol. The highest BCUT2D eigenvalue weighted by atomic mass is 32.2. The van der Waals surface area contributed by atoms with Crippen molar-refractivity contribution in [1.82, 2.24) is 9.62 Å². The molecule has 3 fully saturated rings. The van der Waals surface area contributed by atoms with Crippen LogP contribution in [-0.4, -0.2) is 68.5 Å². The molecule has 32 heavy (non-hydrogen) atoms. The van der Waals surface area contributed by atoms with Gasteiger partial charge in [-0.1, -0.05) is 6.07 Å². The zero-order valence-corrected chi connectivity index (χ0v) is 18.9. The van der Waals surface area contributed by atoms with Gasteiger partial charge in [0.2, 0.25) is 16.4 Å². The number of benzene rings is 1. The highest BCUT2D eigenvalue weighted by Gasteiger charge is 2.66. The van der Waals surface area contributed by atoms with E-state index in [1.165, 1.54) is 30.5 Å². The Morgan fingerprint density at radius 1 is 1.25 bits per heavy atom. The Bertz CT molecular complexity index is 1040. The van der Waals surface area contributed by atoms with Crippen molar-refractivity contribution in [3.05, 3.63) is 23.3 Å². The van der Waals surface area contributed by atoms with Crippen molar-refractivity contribution in [1.29, 1.82) is 0 Å². The van der Waals surface area contributed by atoms with Gasteiger partial charge in [0.25, 0.3) is 0 Å². The molecule has 1 aromatic carbocycles. The SMILES string of the molecule is O=CNc1ccc2c3c1O[C@H]1[C@H](NS(=O)(=O)CCO)CC[C@H]4[C@@H](C2)N(CC2CC2)CC[C@@]341. The molecule has 3 N–H and O–H groups in total. The molecule has 2 saturated carbocycles. The molecule has 174 valence electrons. The zero-order valence-electron chi connectivity index (χ0n) is 18.1. The lowest BCUT2D eigenvalue weighted by Gasteiger charge is -2.59. The minimum absolute atomic E-state index is 0.237. The lowest BCUT2D eigenvalue weighted by atomic mass is 9.51. The van der Waals surface area contributed by atoms with Gasteiger partial charge >= 0.3 is 0 Å². The number of hydrogen-bond acceptors (Lipinski definition) is 6. The molecule has 1 amide bonds. The molecule has 8 nitrogen and oxygen atoms in total. The van der Waals surface area contributed by atoms with Gasteiger partial charge in [0.05, 0.1) is 24.1 Å². The van der Waals surface area contributed by atoms with Crippen LogP contribution in [0.4, 0.5) is 5.69 Å². The molecule has 2 heterocycles. The topological polar surface area (TPSA) is 108 Å². The van der Waals surface area contributed by atoms with E-state index in [0.29, 0.717) is 24.1 Å². The van der Waals surface area contributed by atoms with E-state index in [2.05, 4.69) is 21.0 Å². The van der Waals surface area contributed by atoms with E-state index in [9.17, 15) is 18.3 Å². The molecule has 0 unspecified atom stereocenters. The van der Waals surface area contributed by atoms with Crippen LogP contribution in [0, 0.1) is 11.8 Å². The number of amides is 1. The van der Waals surface area contributed by atoms with Gasteiger partial charge in [-0.3, -0.25) is 9.69 Å². The lowest BCUT2D eigenvalue weighted by Crippen LogP contribution is -2.69. The van der Waals surface area contributed by atoms with Crippen molar-refractivity contribution in [3.8, 4) is 5.75 Å². The maximum Gasteiger partial charge on any atom is 0.214 e. The summed E-state index contributed by atoms with van der Waals surface area (Å²) in [5.41, 5.74) is 2.91. The molecule has 1 aromatic rings. The second kappa shape index (κ2) is 7.41. The van der Waals surface area contributed by atoms with Crippen LogP contribution in [-0.2, 0) is 26.7 Å². The molecule has 6 rings (SSSR count). The Labute approximate surface area is 188 Å². The van der Waals surface area contributed by atoms with Crippen LogP contribution >= 0.6 is 0 Å². The lowest BCUT2D eigenvalue weighted by molar-refractivity contribution is -0.105. The Morgan fingerprint density at radius 3 is 2.84 bits per heavy atom. The number of nitrogens with one attached hydrogen (secondary N) is 2. The maximum atomic E-state index is 12.5. The van der Waals surface area contributed by atoms with E-state index in [4.69, 9.17) is 4.74 Å². The summed E-state index contributed by atoms with van der Waals surface area (Å²) in [7, 11) is -3.60. The summed E-state index contributed by atoms with van der Waals surface area (Å²) in [6.07, 6.45) is 6.63. The highest BCUT2D eigenvalue weighted by molar-refractivity contribution is 7.89. The summed E-state index contributed by atoms with van der Waals surface area (Å²) in [6.45, 7) is 1.76. The Morgan fingerprint density at radius 2 is 2.09 bits per heavy atom. The number of carbonyl (C=O) groups is 1. The van der Waals surface area contributed by atoms with Gasteiger partial charge in [-0.25, -0.2) is 13.1 Å². The summed E-state index contributed by atoms with van der Waals surface area (Å²) in [6, 6.07) is 4.15. The van der Waals surface area contributed by atoms with Gasteiger partial charge in [0.1, 0.15) is 11.9 Å². The Balaban J connectivity index is 1.43. The number of ether oxygens (including phenoxy) is 1. The molecule has 1 saturated heterocycles. The highest BCUT2D eigenvalue weighted by Crippen LogP contribution is 2.63. The van der Waals surface area contributed by atoms with Gasteiger partial charge in [-0.15, -0.1) is 0 Å². The third-order valence-electron chi connectivity index (χ3n) is 8.55. The zero-order chi connectivity index (χ0) is 22.1. The molecule has 0 aromatic heterocycles. The smallest absolute Gasteiger partial charge is 0.214 e. The van der Waals surface area contributed by atoms with Gasteiger partial charge in [-0.2, -0.15) is 0 Å². The molecule has 1 spiro atoms. The number of hydrogen-bond donors (Lipinski definition) is 3.